The molecule has 0 bridgehead atoms. The third-order valence-electron chi connectivity index (χ3n) is 3.70. The van der Waals surface area contributed by atoms with Crippen molar-refractivity contribution in [3.05, 3.63) is 23.8 Å². The molecule has 3 rings (SSSR count). The van der Waals surface area contributed by atoms with E-state index in [1.54, 1.807) is 0 Å². The molecule has 1 atom stereocenters. The van der Waals surface area contributed by atoms with E-state index < -0.39 is 0 Å². The molecule has 1 spiro atoms. The molecule has 1 aromatic carbocycles. The monoisotopic (exact) mass is 275 g/mol. The van der Waals surface area contributed by atoms with E-state index in [9.17, 15) is 0 Å². The van der Waals surface area contributed by atoms with Crippen molar-refractivity contribution in [2.75, 3.05) is 26.3 Å². The zero-order valence-electron chi connectivity index (χ0n) is 12.1. The molecule has 0 radical (unpaired) electrons. The van der Waals surface area contributed by atoms with Gasteiger partial charge in [-0.1, -0.05) is 6.08 Å². The summed E-state index contributed by atoms with van der Waals surface area (Å²) in [5.74, 6) is 2.41. The van der Waals surface area contributed by atoms with Crippen molar-refractivity contribution in [1.82, 2.24) is 5.32 Å². The fourth-order valence-electron chi connectivity index (χ4n) is 2.72. The van der Waals surface area contributed by atoms with Crippen LogP contribution in [0.15, 0.2) is 18.2 Å². The molecule has 4 heteroatoms. The van der Waals surface area contributed by atoms with Crippen molar-refractivity contribution >= 4 is 6.08 Å². The predicted molar refractivity (Wildman–Crippen MR) is 78.7 cm³/mol. The van der Waals surface area contributed by atoms with Crippen LogP contribution in [-0.4, -0.2) is 31.9 Å². The Hall–Kier alpha value is -1.68. The number of benzene rings is 1. The van der Waals surface area contributed by atoms with Gasteiger partial charge in [-0.3, -0.25) is 0 Å². The Balaban J connectivity index is 1.95. The second-order valence-corrected chi connectivity index (χ2v) is 5.13. The van der Waals surface area contributed by atoms with Crippen molar-refractivity contribution in [2.45, 2.75) is 25.9 Å². The number of ether oxygens (including phenoxy) is 3. The Labute approximate surface area is 119 Å². The van der Waals surface area contributed by atoms with Gasteiger partial charge in [-0.15, -0.1) is 0 Å². The van der Waals surface area contributed by atoms with Gasteiger partial charge in [0.1, 0.15) is 11.4 Å². The average molecular weight is 275 g/mol. The highest BCUT2D eigenvalue weighted by Gasteiger charge is 2.36. The summed E-state index contributed by atoms with van der Waals surface area (Å²) in [6.45, 7) is 7.03. The van der Waals surface area contributed by atoms with Crippen molar-refractivity contribution < 1.29 is 14.2 Å². The minimum Gasteiger partial charge on any atom is -0.490 e. The van der Waals surface area contributed by atoms with Gasteiger partial charge in [-0.2, -0.15) is 0 Å². The largest absolute Gasteiger partial charge is 0.490 e. The summed E-state index contributed by atoms with van der Waals surface area (Å²) in [5.41, 5.74) is 0.860. The molecule has 1 saturated heterocycles. The van der Waals surface area contributed by atoms with E-state index in [0.717, 1.165) is 42.3 Å². The highest BCUT2D eigenvalue weighted by atomic mass is 16.5. The molecule has 2 aliphatic heterocycles. The molecular formula is C16H21NO3. The predicted octanol–water partition coefficient (Wildman–Crippen LogP) is 2.62. The van der Waals surface area contributed by atoms with Gasteiger partial charge in [0.05, 0.1) is 13.2 Å². The molecular weight excluding hydrogens is 254 g/mol. The molecule has 1 N–H and O–H groups in total. The van der Waals surface area contributed by atoms with Gasteiger partial charge in [-0.05, 0) is 32.5 Å². The van der Waals surface area contributed by atoms with E-state index in [-0.39, 0.29) is 5.60 Å². The van der Waals surface area contributed by atoms with E-state index >= 15 is 0 Å². The first-order valence-electron chi connectivity index (χ1n) is 7.29. The highest BCUT2D eigenvalue weighted by Crippen LogP contribution is 2.41. The Morgan fingerprint density at radius 3 is 2.60 bits per heavy atom. The van der Waals surface area contributed by atoms with Crippen LogP contribution < -0.4 is 19.5 Å². The topological polar surface area (TPSA) is 39.7 Å². The van der Waals surface area contributed by atoms with Crippen molar-refractivity contribution in [3.63, 3.8) is 0 Å². The van der Waals surface area contributed by atoms with Gasteiger partial charge in [0.25, 0.3) is 0 Å². The van der Waals surface area contributed by atoms with E-state index in [4.69, 9.17) is 14.2 Å². The zero-order chi connectivity index (χ0) is 14.0. The number of hydrogen-bond acceptors (Lipinski definition) is 4. The van der Waals surface area contributed by atoms with Gasteiger partial charge >= 0.3 is 0 Å². The van der Waals surface area contributed by atoms with Crippen LogP contribution in [0.4, 0.5) is 0 Å². The lowest BCUT2D eigenvalue weighted by Gasteiger charge is -2.31. The number of hydrogen-bond donors (Lipinski definition) is 1. The van der Waals surface area contributed by atoms with Crippen LogP contribution in [0.3, 0.4) is 0 Å². The zero-order valence-corrected chi connectivity index (χ0v) is 12.1. The Morgan fingerprint density at radius 2 is 1.95 bits per heavy atom. The van der Waals surface area contributed by atoms with Crippen LogP contribution in [0.5, 0.6) is 17.2 Å². The molecule has 4 nitrogen and oxygen atoms in total. The second-order valence-electron chi connectivity index (χ2n) is 5.13. The summed E-state index contributed by atoms with van der Waals surface area (Å²) in [6, 6.07) is 3.95. The summed E-state index contributed by atoms with van der Waals surface area (Å²) >= 11 is 0. The van der Waals surface area contributed by atoms with Crippen LogP contribution >= 0.6 is 0 Å². The lowest BCUT2D eigenvalue weighted by molar-refractivity contribution is 0.138. The van der Waals surface area contributed by atoms with Crippen molar-refractivity contribution in [1.29, 1.82) is 0 Å². The maximum atomic E-state index is 6.22. The molecule has 2 aliphatic rings. The third kappa shape index (κ3) is 2.36. The van der Waals surface area contributed by atoms with Gasteiger partial charge in [0.2, 0.25) is 0 Å². The highest BCUT2D eigenvalue weighted by molar-refractivity contribution is 5.66. The molecule has 0 aliphatic carbocycles. The van der Waals surface area contributed by atoms with Crippen LogP contribution in [0.25, 0.3) is 6.08 Å². The lowest BCUT2D eigenvalue weighted by Crippen LogP contribution is -2.37. The summed E-state index contributed by atoms with van der Waals surface area (Å²) in [4.78, 5) is 0. The van der Waals surface area contributed by atoms with Gasteiger partial charge in [-0.25, -0.2) is 0 Å². The van der Waals surface area contributed by atoms with Gasteiger partial charge in [0.15, 0.2) is 11.5 Å². The van der Waals surface area contributed by atoms with Gasteiger partial charge in [0, 0.05) is 24.6 Å². The third-order valence-corrected chi connectivity index (χ3v) is 3.70. The van der Waals surface area contributed by atoms with E-state index in [1.165, 1.54) is 0 Å². The molecule has 20 heavy (non-hydrogen) atoms. The quantitative estimate of drug-likeness (QED) is 0.917. The summed E-state index contributed by atoms with van der Waals surface area (Å²) in [5, 5.41) is 3.35. The minimum absolute atomic E-state index is 0.191. The maximum absolute atomic E-state index is 6.22. The van der Waals surface area contributed by atoms with Gasteiger partial charge < -0.3 is 19.5 Å². The molecule has 1 aromatic rings. The second kappa shape index (κ2) is 5.37. The lowest BCUT2D eigenvalue weighted by atomic mass is 9.97. The molecule has 1 fully saturated rings. The van der Waals surface area contributed by atoms with Crippen LogP contribution in [0.1, 0.15) is 25.8 Å². The normalized spacial score (nSPS) is 23.5. The number of nitrogens with one attached hydrogen (secondary N) is 1. The molecule has 2 heterocycles. The fraction of sp³-hybridized carbons (Fsp3) is 0.500. The number of fused-ring (bicyclic) bond motifs is 1. The van der Waals surface area contributed by atoms with E-state index in [1.807, 2.05) is 26.0 Å². The maximum Gasteiger partial charge on any atom is 0.164 e. The van der Waals surface area contributed by atoms with Crippen molar-refractivity contribution in [3.8, 4) is 17.2 Å². The van der Waals surface area contributed by atoms with E-state index in [0.29, 0.717) is 13.2 Å². The van der Waals surface area contributed by atoms with Crippen molar-refractivity contribution in [2.24, 2.45) is 0 Å². The molecule has 1 unspecified atom stereocenters. The standard InChI is InChI=1S/C16H21NO3/c1-3-18-14-9-12-5-6-16(7-8-17-11-16)20-13(12)10-15(14)19-4-2/h5-6,9-10,17H,3-4,7-8,11H2,1-2H3. The molecule has 0 saturated carbocycles. The Morgan fingerprint density at radius 1 is 1.20 bits per heavy atom. The SMILES string of the molecule is CCOc1cc2c(cc1OCC)OC1(C=C2)CCNC1. The fourth-order valence-corrected chi connectivity index (χ4v) is 2.72. The minimum atomic E-state index is -0.191. The first kappa shape index (κ1) is 13.3. The Bertz CT molecular complexity index is 519. The first-order valence-corrected chi connectivity index (χ1v) is 7.29. The summed E-state index contributed by atoms with van der Waals surface area (Å²) in [6.07, 6.45) is 5.29. The average Bonchev–Trinajstić information content (AvgIpc) is 2.89. The molecule has 0 aromatic heterocycles. The molecule has 0 amide bonds. The number of rotatable bonds is 4. The van der Waals surface area contributed by atoms with Crippen LogP contribution in [-0.2, 0) is 0 Å². The smallest absolute Gasteiger partial charge is 0.164 e. The van der Waals surface area contributed by atoms with Crippen LogP contribution in [0, 0.1) is 0 Å². The summed E-state index contributed by atoms with van der Waals surface area (Å²) in [7, 11) is 0. The van der Waals surface area contributed by atoms with E-state index in [2.05, 4.69) is 17.5 Å². The summed E-state index contributed by atoms with van der Waals surface area (Å²) < 4.78 is 17.5. The van der Waals surface area contributed by atoms with Crippen LogP contribution in [0.2, 0.25) is 0 Å². The first-order chi connectivity index (χ1) is 9.76. The molecule has 108 valence electrons. The Kier molecular flexibility index (Phi) is 3.57.